The van der Waals surface area contributed by atoms with E-state index in [-0.39, 0.29) is 4.66 Å². The van der Waals surface area contributed by atoms with Crippen LogP contribution in [0.1, 0.15) is 22.3 Å². The molecule has 0 spiro atoms. The van der Waals surface area contributed by atoms with Gasteiger partial charge in [-0.05, 0) is 125 Å². The molecule has 0 amide bonds. The van der Waals surface area contributed by atoms with Crippen LogP contribution in [0.4, 0.5) is 34.1 Å². The van der Waals surface area contributed by atoms with Gasteiger partial charge in [0, 0.05) is 38.8 Å². The monoisotopic (exact) mass is 722 g/mol. The first-order valence-corrected chi connectivity index (χ1v) is 25.9. The van der Waals surface area contributed by atoms with Crippen molar-refractivity contribution in [3.05, 3.63) is 180 Å². The van der Waals surface area contributed by atoms with Crippen LogP contribution >= 0.6 is 0 Å². The van der Waals surface area contributed by atoms with E-state index in [2.05, 4.69) is 221 Å². The quantitative estimate of drug-likeness (QED) is 0.144. The van der Waals surface area contributed by atoms with Crippen molar-refractivity contribution in [2.45, 2.75) is 57.8 Å². The molecule has 1 aliphatic carbocycles. The molecule has 0 saturated carbocycles. The number of rotatable bonds is 8. The summed E-state index contributed by atoms with van der Waals surface area (Å²) in [6.07, 6.45) is 0. The Morgan fingerprint density at radius 3 is 1.34 bits per heavy atom. The Labute approximate surface area is 318 Å². The summed E-state index contributed by atoms with van der Waals surface area (Å²) < 4.78 is -0.00586. The molecule has 0 aromatic heterocycles. The Balaban J connectivity index is 1.37. The van der Waals surface area contributed by atoms with E-state index in [1.165, 1.54) is 72.6 Å². The molecule has 8 rings (SSSR count). The lowest BCUT2D eigenvalue weighted by Crippen LogP contribution is -2.63. The number of hydrogen-bond acceptors (Lipinski definition) is 2. The number of fused-ring (bicyclic) bond motifs is 4. The second-order valence-corrected chi connectivity index (χ2v) is 27.8. The first-order chi connectivity index (χ1) is 25.4. The van der Waals surface area contributed by atoms with Gasteiger partial charge < -0.3 is 9.80 Å². The van der Waals surface area contributed by atoms with Gasteiger partial charge in [0.1, 0.15) is 0 Å². The minimum Gasteiger partial charge on any atom is -0.310 e. The molecule has 0 N–H and O–H groups in total. The van der Waals surface area contributed by atoms with Gasteiger partial charge in [-0.1, -0.05) is 130 Å². The fourth-order valence-electron chi connectivity index (χ4n) is 9.70. The van der Waals surface area contributed by atoms with Crippen molar-refractivity contribution in [2.24, 2.45) is 0 Å². The molecular formula is C49H50N2Si2. The van der Waals surface area contributed by atoms with Crippen LogP contribution in [0.3, 0.4) is 0 Å². The SMILES string of the molecule is Cc1ccccc1N(c1ccccc1)c1ccc2c(c1)C([Si](C)(C)C)([Si](C)(C)C)c1cc3cc(N(c4ccccc4)c4ccccc4C)ccc3cc1-2. The molecule has 0 aliphatic heterocycles. The van der Waals surface area contributed by atoms with Crippen LogP contribution < -0.4 is 9.80 Å². The number of nitrogens with zero attached hydrogens (tertiary/aromatic N) is 2. The van der Waals surface area contributed by atoms with E-state index in [1.807, 2.05) is 0 Å². The summed E-state index contributed by atoms with van der Waals surface area (Å²) >= 11 is 0. The zero-order valence-electron chi connectivity index (χ0n) is 32.4. The third kappa shape index (κ3) is 5.67. The highest BCUT2D eigenvalue weighted by atomic mass is 28.4. The molecule has 0 bridgehead atoms. The molecule has 4 heteroatoms. The summed E-state index contributed by atoms with van der Waals surface area (Å²) in [4.78, 5) is 4.88. The van der Waals surface area contributed by atoms with E-state index in [4.69, 9.17) is 0 Å². The molecule has 0 saturated heterocycles. The molecule has 0 fully saturated rings. The van der Waals surface area contributed by atoms with Crippen LogP contribution in [0.15, 0.2) is 158 Å². The number of aryl methyl sites for hydroxylation is 2. The standard InChI is InChI=1S/C49H50N2Si2/c1-35-19-15-17-25-47(35)50(39-21-11-9-12-22-39)41-28-27-37-32-44-43-30-29-42(51(40-23-13-10-14-24-40)48-26-18-16-20-36(48)2)34-46(43)49(52(3,4)5,53(6,7)8)45(44)33-38(37)31-41/h9-34H,1-8H3. The van der Waals surface area contributed by atoms with E-state index in [0.29, 0.717) is 0 Å². The first kappa shape index (κ1) is 34.9. The molecule has 0 radical (unpaired) electrons. The summed E-state index contributed by atoms with van der Waals surface area (Å²) in [5, 5.41) is 2.59. The topological polar surface area (TPSA) is 6.48 Å². The van der Waals surface area contributed by atoms with Crippen molar-refractivity contribution in [1.82, 2.24) is 0 Å². The fourth-order valence-corrected chi connectivity index (χ4v) is 22.8. The summed E-state index contributed by atoms with van der Waals surface area (Å²) in [5.74, 6) is 0. The van der Waals surface area contributed by atoms with Crippen LogP contribution in [-0.4, -0.2) is 16.1 Å². The molecule has 0 atom stereocenters. The normalized spacial score (nSPS) is 13.4. The second-order valence-electron chi connectivity index (χ2n) is 16.8. The van der Waals surface area contributed by atoms with Gasteiger partial charge in [-0.25, -0.2) is 0 Å². The third-order valence-electron chi connectivity index (χ3n) is 11.6. The zero-order chi connectivity index (χ0) is 37.1. The van der Waals surface area contributed by atoms with Gasteiger partial charge in [-0.3, -0.25) is 0 Å². The van der Waals surface area contributed by atoms with Crippen molar-refractivity contribution >= 4 is 61.0 Å². The maximum Gasteiger partial charge on any atom is 0.0579 e. The average Bonchev–Trinajstić information content (AvgIpc) is 3.43. The number of para-hydroxylation sites is 4. The van der Waals surface area contributed by atoms with Gasteiger partial charge in [-0.15, -0.1) is 0 Å². The van der Waals surface area contributed by atoms with Gasteiger partial charge in [-0.2, -0.15) is 0 Å². The Morgan fingerprint density at radius 1 is 0.377 bits per heavy atom. The van der Waals surface area contributed by atoms with Crippen molar-refractivity contribution in [3.8, 4) is 11.1 Å². The summed E-state index contributed by atoms with van der Waals surface area (Å²) in [5.41, 5.74) is 15.6. The average molecular weight is 723 g/mol. The largest absolute Gasteiger partial charge is 0.310 e. The molecule has 7 aromatic carbocycles. The van der Waals surface area contributed by atoms with Crippen molar-refractivity contribution in [2.75, 3.05) is 9.80 Å². The lowest BCUT2D eigenvalue weighted by atomic mass is 9.99. The predicted molar refractivity (Wildman–Crippen MR) is 236 cm³/mol. The Hall–Kier alpha value is -5.17. The van der Waals surface area contributed by atoms with Crippen LogP contribution in [0.2, 0.25) is 39.3 Å². The molecule has 53 heavy (non-hydrogen) atoms. The number of benzene rings is 7. The minimum absolute atomic E-state index is 0.00586. The van der Waals surface area contributed by atoms with Gasteiger partial charge in [0.05, 0.1) is 16.1 Å². The van der Waals surface area contributed by atoms with Crippen LogP contribution in [-0.2, 0) is 4.66 Å². The van der Waals surface area contributed by atoms with E-state index in [0.717, 1.165) is 5.69 Å². The van der Waals surface area contributed by atoms with Crippen LogP contribution in [0.5, 0.6) is 0 Å². The summed E-state index contributed by atoms with van der Waals surface area (Å²) in [7, 11) is -3.88. The van der Waals surface area contributed by atoms with Gasteiger partial charge in [0.25, 0.3) is 0 Å². The van der Waals surface area contributed by atoms with E-state index in [9.17, 15) is 0 Å². The zero-order valence-corrected chi connectivity index (χ0v) is 34.4. The van der Waals surface area contributed by atoms with Crippen molar-refractivity contribution < 1.29 is 0 Å². The van der Waals surface area contributed by atoms with Crippen molar-refractivity contribution in [3.63, 3.8) is 0 Å². The highest BCUT2D eigenvalue weighted by Gasteiger charge is 2.59. The maximum atomic E-state index is 2.61. The smallest absolute Gasteiger partial charge is 0.0579 e. The minimum atomic E-state index is -1.94. The number of hydrogen-bond donors (Lipinski definition) is 0. The number of anilines is 6. The molecule has 2 nitrogen and oxygen atoms in total. The van der Waals surface area contributed by atoms with E-state index in [1.54, 1.807) is 0 Å². The Kier molecular flexibility index (Phi) is 8.59. The third-order valence-corrected chi connectivity index (χ3v) is 21.6. The van der Waals surface area contributed by atoms with Crippen molar-refractivity contribution in [1.29, 1.82) is 0 Å². The molecular weight excluding hydrogens is 673 g/mol. The second kappa shape index (κ2) is 13.0. The van der Waals surface area contributed by atoms with Gasteiger partial charge in [0.2, 0.25) is 0 Å². The Bertz CT molecular complexity index is 2440. The highest BCUT2D eigenvalue weighted by molar-refractivity contribution is 6.99. The summed E-state index contributed by atoms with van der Waals surface area (Å²) in [6, 6.07) is 58.7. The molecule has 0 heterocycles. The van der Waals surface area contributed by atoms with Crippen LogP contribution in [0, 0.1) is 13.8 Å². The lowest BCUT2D eigenvalue weighted by molar-refractivity contribution is 0.953. The van der Waals surface area contributed by atoms with E-state index >= 15 is 0 Å². The molecule has 264 valence electrons. The van der Waals surface area contributed by atoms with Gasteiger partial charge >= 0.3 is 0 Å². The summed E-state index contributed by atoms with van der Waals surface area (Å²) in [6.45, 7) is 20.1. The highest BCUT2D eigenvalue weighted by Crippen LogP contribution is 2.59. The van der Waals surface area contributed by atoms with Gasteiger partial charge in [0.15, 0.2) is 0 Å². The van der Waals surface area contributed by atoms with Crippen LogP contribution in [0.25, 0.3) is 21.9 Å². The Morgan fingerprint density at radius 2 is 0.830 bits per heavy atom. The fraction of sp³-hybridized carbons (Fsp3) is 0.184. The first-order valence-electron chi connectivity index (χ1n) is 18.9. The van der Waals surface area contributed by atoms with E-state index < -0.39 is 16.1 Å². The maximum absolute atomic E-state index is 2.61. The lowest BCUT2D eigenvalue weighted by Gasteiger charge is -2.51. The molecule has 0 unspecified atom stereocenters. The molecule has 1 aliphatic rings. The predicted octanol–water partition coefficient (Wildman–Crippen LogP) is 14.4. The molecule has 7 aromatic rings.